The maximum atomic E-state index is 5.76. The summed E-state index contributed by atoms with van der Waals surface area (Å²) in [6, 6.07) is 15.9. The van der Waals surface area contributed by atoms with Crippen molar-refractivity contribution in [2.45, 2.75) is 37.2 Å². The van der Waals surface area contributed by atoms with Gasteiger partial charge in [-0.25, -0.2) is 4.98 Å². The lowest BCUT2D eigenvalue weighted by Gasteiger charge is -2.18. The van der Waals surface area contributed by atoms with E-state index in [1.54, 1.807) is 0 Å². The fourth-order valence-electron chi connectivity index (χ4n) is 2.60. The first-order valence-corrected chi connectivity index (χ1v) is 9.39. The van der Waals surface area contributed by atoms with Crippen molar-refractivity contribution in [2.24, 2.45) is 0 Å². The average Bonchev–Trinajstić information content (AvgIpc) is 3.26. The number of benzene rings is 2. The molecular formula is C20H19N3O2S. The van der Waals surface area contributed by atoms with Gasteiger partial charge in [-0.3, -0.25) is 0 Å². The molecule has 0 fully saturated rings. The Labute approximate surface area is 155 Å². The van der Waals surface area contributed by atoms with Crippen molar-refractivity contribution in [3.8, 4) is 11.5 Å². The highest BCUT2D eigenvalue weighted by molar-refractivity contribution is 7.98. The second-order valence-corrected chi connectivity index (χ2v) is 7.99. The molecule has 2 aromatic carbocycles. The molecule has 2 heterocycles. The van der Waals surface area contributed by atoms with Crippen LogP contribution in [-0.4, -0.2) is 15.2 Å². The Morgan fingerprint density at radius 1 is 0.923 bits per heavy atom. The molecule has 0 atom stereocenters. The molecule has 0 aliphatic carbocycles. The van der Waals surface area contributed by atoms with Gasteiger partial charge in [-0.1, -0.05) is 56.8 Å². The maximum absolute atomic E-state index is 5.76. The van der Waals surface area contributed by atoms with E-state index in [9.17, 15) is 0 Å². The molecule has 0 amide bonds. The molecule has 132 valence electrons. The van der Waals surface area contributed by atoms with Crippen LogP contribution < -0.4 is 0 Å². The van der Waals surface area contributed by atoms with Gasteiger partial charge in [0.05, 0.1) is 5.75 Å². The first-order valence-electron chi connectivity index (χ1n) is 8.41. The summed E-state index contributed by atoms with van der Waals surface area (Å²) in [6.45, 7) is 6.57. The third-order valence-corrected chi connectivity index (χ3v) is 4.86. The van der Waals surface area contributed by atoms with Crippen LogP contribution in [0.2, 0.25) is 0 Å². The van der Waals surface area contributed by atoms with E-state index in [1.165, 1.54) is 17.3 Å². The van der Waals surface area contributed by atoms with Gasteiger partial charge in [0.25, 0.3) is 5.22 Å². The predicted octanol–water partition coefficient (Wildman–Crippen LogP) is 5.47. The number of hydrogen-bond donors (Lipinski definition) is 0. The Morgan fingerprint density at radius 2 is 1.69 bits per heavy atom. The van der Waals surface area contributed by atoms with Gasteiger partial charge < -0.3 is 8.83 Å². The smallest absolute Gasteiger partial charge is 0.277 e. The van der Waals surface area contributed by atoms with Gasteiger partial charge in [-0.05, 0) is 35.2 Å². The fourth-order valence-corrected chi connectivity index (χ4v) is 3.21. The standard InChI is InChI=1S/C20H19N3O2S/c1-20(2,3)14-10-8-13(9-11-14)18-22-23-19(25-18)26-12-17-21-15-6-4-5-7-16(15)24-17/h4-11H,12H2,1-3H3. The molecule has 0 radical (unpaired) electrons. The monoisotopic (exact) mass is 365 g/mol. The van der Waals surface area contributed by atoms with Gasteiger partial charge in [0.2, 0.25) is 11.8 Å². The first kappa shape index (κ1) is 16.8. The largest absolute Gasteiger partial charge is 0.440 e. The normalized spacial score (nSPS) is 12.0. The molecule has 5 nitrogen and oxygen atoms in total. The Bertz CT molecular complexity index is 996. The summed E-state index contributed by atoms with van der Waals surface area (Å²) in [7, 11) is 0. The van der Waals surface area contributed by atoms with Gasteiger partial charge in [0, 0.05) is 5.56 Å². The van der Waals surface area contributed by atoms with Crippen molar-refractivity contribution in [1.29, 1.82) is 0 Å². The quantitative estimate of drug-likeness (QED) is 0.447. The Kier molecular flexibility index (Phi) is 4.28. The van der Waals surface area contributed by atoms with Gasteiger partial charge in [0.15, 0.2) is 5.58 Å². The summed E-state index contributed by atoms with van der Waals surface area (Å²) in [5, 5.41) is 8.76. The fraction of sp³-hybridized carbons (Fsp3) is 0.250. The number of hydrogen-bond acceptors (Lipinski definition) is 6. The second-order valence-electron chi connectivity index (χ2n) is 7.06. The van der Waals surface area contributed by atoms with Crippen LogP contribution in [-0.2, 0) is 11.2 Å². The lowest BCUT2D eigenvalue weighted by molar-refractivity contribution is 0.464. The zero-order valence-corrected chi connectivity index (χ0v) is 15.7. The van der Waals surface area contributed by atoms with E-state index in [4.69, 9.17) is 8.83 Å². The van der Waals surface area contributed by atoms with Crippen LogP contribution >= 0.6 is 11.8 Å². The minimum Gasteiger partial charge on any atom is -0.440 e. The summed E-state index contributed by atoms with van der Waals surface area (Å²) in [6.07, 6.45) is 0. The van der Waals surface area contributed by atoms with Crippen LogP contribution in [0.1, 0.15) is 32.2 Å². The van der Waals surface area contributed by atoms with Gasteiger partial charge in [0.1, 0.15) is 5.52 Å². The van der Waals surface area contributed by atoms with E-state index in [0.29, 0.717) is 22.8 Å². The van der Waals surface area contributed by atoms with Crippen LogP contribution in [0.5, 0.6) is 0 Å². The molecule has 4 rings (SSSR count). The van der Waals surface area contributed by atoms with E-state index in [2.05, 4.69) is 48.1 Å². The molecule has 4 aromatic rings. The van der Waals surface area contributed by atoms with Crippen LogP contribution in [0.25, 0.3) is 22.6 Å². The van der Waals surface area contributed by atoms with Crippen LogP contribution in [0, 0.1) is 0 Å². The molecule has 0 spiro atoms. The van der Waals surface area contributed by atoms with E-state index in [1.807, 2.05) is 36.4 Å². The number of fused-ring (bicyclic) bond motifs is 1. The SMILES string of the molecule is CC(C)(C)c1ccc(-c2nnc(SCc3nc4ccccc4o3)o2)cc1. The van der Waals surface area contributed by atoms with Crippen LogP contribution in [0.15, 0.2) is 62.6 Å². The molecule has 0 aliphatic rings. The summed E-state index contributed by atoms with van der Waals surface area (Å²) in [4.78, 5) is 4.45. The minimum absolute atomic E-state index is 0.119. The molecule has 0 N–H and O–H groups in total. The molecule has 0 aliphatic heterocycles. The molecule has 26 heavy (non-hydrogen) atoms. The lowest BCUT2D eigenvalue weighted by atomic mass is 9.87. The van der Waals surface area contributed by atoms with Crippen molar-refractivity contribution in [3.63, 3.8) is 0 Å². The molecule has 0 saturated carbocycles. The lowest BCUT2D eigenvalue weighted by Crippen LogP contribution is -2.10. The van der Waals surface area contributed by atoms with Crippen LogP contribution in [0.3, 0.4) is 0 Å². The summed E-state index contributed by atoms with van der Waals surface area (Å²) < 4.78 is 11.5. The minimum atomic E-state index is 0.119. The highest BCUT2D eigenvalue weighted by Crippen LogP contribution is 2.28. The zero-order chi connectivity index (χ0) is 18.1. The number of oxazole rings is 1. The number of aromatic nitrogens is 3. The summed E-state index contributed by atoms with van der Waals surface area (Å²) in [5.74, 6) is 1.70. The number of nitrogens with zero attached hydrogens (tertiary/aromatic N) is 3. The molecule has 6 heteroatoms. The highest BCUT2D eigenvalue weighted by Gasteiger charge is 2.15. The summed E-state index contributed by atoms with van der Waals surface area (Å²) in [5.41, 5.74) is 3.94. The second kappa shape index (κ2) is 6.61. The molecular weight excluding hydrogens is 346 g/mol. The third kappa shape index (κ3) is 3.51. The summed E-state index contributed by atoms with van der Waals surface area (Å²) >= 11 is 1.42. The van der Waals surface area contributed by atoms with Gasteiger partial charge in [-0.2, -0.15) is 0 Å². The Balaban J connectivity index is 1.46. The van der Waals surface area contributed by atoms with E-state index in [-0.39, 0.29) is 5.41 Å². The Morgan fingerprint density at radius 3 is 2.42 bits per heavy atom. The van der Waals surface area contributed by atoms with E-state index >= 15 is 0 Å². The predicted molar refractivity (Wildman–Crippen MR) is 102 cm³/mol. The molecule has 0 saturated heterocycles. The Hall–Kier alpha value is -2.60. The van der Waals surface area contributed by atoms with E-state index in [0.717, 1.165) is 16.7 Å². The van der Waals surface area contributed by atoms with Crippen molar-refractivity contribution < 1.29 is 8.83 Å². The number of para-hydroxylation sites is 2. The molecule has 0 bridgehead atoms. The zero-order valence-electron chi connectivity index (χ0n) is 14.9. The third-order valence-electron chi connectivity index (χ3n) is 4.06. The van der Waals surface area contributed by atoms with E-state index < -0.39 is 0 Å². The highest BCUT2D eigenvalue weighted by atomic mass is 32.2. The average molecular weight is 365 g/mol. The topological polar surface area (TPSA) is 65.0 Å². The van der Waals surface area contributed by atoms with Crippen molar-refractivity contribution in [3.05, 3.63) is 60.0 Å². The van der Waals surface area contributed by atoms with Crippen molar-refractivity contribution >= 4 is 22.9 Å². The van der Waals surface area contributed by atoms with Crippen molar-refractivity contribution in [1.82, 2.24) is 15.2 Å². The number of rotatable bonds is 4. The van der Waals surface area contributed by atoms with Gasteiger partial charge >= 0.3 is 0 Å². The number of thioether (sulfide) groups is 1. The van der Waals surface area contributed by atoms with Gasteiger partial charge in [-0.15, -0.1) is 10.2 Å². The molecule has 2 aromatic heterocycles. The molecule has 0 unspecified atom stereocenters. The van der Waals surface area contributed by atoms with Crippen LogP contribution in [0.4, 0.5) is 0 Å². The van der Waals surface area contributed by atoms with Crippen molar-refractivity contribution in [2.75, 3.05) is 0 Å². The maximum Gasteiger partial charge on any atom is 0.277 e. The first-order chi connectivity index (χ1) is 12.5.